The van der Waals surface area contributed by atoms with Crippen LogP contribution in [0.3, 0.4) is 0 Å². The molecule has 0 bridgehead atoms. The van der Waals surface area contributed by atoms with Gasteiger partial charge < -0.3 is 19.0 Å². The lowest BCUT2D eigenvalue weighted by molar-refractivity contribution is -0.136. The van der Waals surface area contributed by atoms with Crippen molar-refractivity contribution in [1.82, 2.24) is 14.4 Å². The number of amides is 2. The fraction of sp³-hybridized carbons (Fsp3) is 0.591. The molecule has 30 heavy (non-hydrogen) atoms. The van der Waals surface area contributed by atoms with Gasteiger partial charge in [0.1, 0.15) is 11.6 Å². The summed E-state index contributed by atoms with van der Waals surface area (Å²) in [7, 11) is 1.72. The Balaban J connectivity index is 1.67. The number of aromatic nitrogens is 1. The molecule has 2 aromatic rings. The van der Waals surface area contributed by atoms with Crippen LogP contribution in [0.25, 0.3) is 11.1 Å². The summed E-state index contributed by atoms with van der Waals surface area (Å²) in [5.74, 6) is -0.492. The number of ether oxygens (including phenoxy) is 1. The van der Waals surface area contributed by atoms with E-state index in [1.807, 2.05) is 26.8 Å². The van der Waals surface area contributed by atoms with Gasteiger partial charge in [0.05, 0.1) is 5.52 Å². The number of hydrogen-bond donors (Lipinski definition) is 0. The number of para-hydroxylation sites is 2. The third kappa shape index (κ3) is 4.86. The topological polar surface area (TPSA) is 85.0 Å². The number of likely N-dealkylation sites (tertiary alicyclic amines) is 1. The second-order valence-electron chi connectivity index (χ2n) is 9.04. The molecule has 3 rings (SSSR count). The van der Waals surface area contributed by atoms with Crippen molar-refractivity contribution >= 4 is 23.1 Å². The molecule has 1 saturated heterocycles. The molecular formula is C22H31N3O5. The molecule has 0 aliphatic carbocycles. The van der Waals surface area contributed by atoms with Crippen LogP contribution in [0, 0.1) is 5.92 Å². The van der Waals surface area contributed by atoms with Gasteiger partial charge in [-0.3, -0.25) is 9.36 Å². The molecule has 1 aliphatic rings. The number of benzene rings is 1. The summed E-state index contributed by atoms with van der Waals surface area (Å²) < 4.78 is 12.1. The Bertz CT molecular complexity index is 971. The predicted octanol–water partition coefficient (Wildman–Crippen LogP) is 3.26. The third-order valence-corrected chi connectivity index (χ3v) is 5.33. The Morgan fingerprint density at radius 1 is 1.30 bits per heavy atom. The van der Waals surface area contributed by atoms with Crippen molar-refractivity contribution in [2.24, 2.45) is 5.92 Å². The summed E-state index contributed by atoms with van der Waals surface area (Å²) in [4.78, 5) is 41.1. The second-order valence-corrected chi connectivity index (χ2v) is 9.04. The SMILES string of the molecule is CC(C(=O)N1CCCC(CN(C)C(=O)OC(C)(C)C)C1)n1c(=O)oc2ccccc21. The van der Waals surface area contributed by atoms with Crippen LogP contribution in [0.15, 0.2) is 33.5 Å². The minimum absolute atomic E-state index is 0.117. The molecule has 2 atom stereocenters. The van der Waals surface area contributed by atoms with E-state index >= 15 is 0 Å². The van der Waals surface area contributed by atoms with E-state index in [2.05, 4.69) is 0 Å². The van der Waals surface area contributed by atoms with E-state index in [0.717, 1.165) is 12.8 Å². The Labute approximate surface area is 176 Å². The number of hydrogen-bond acceptors (Lipinski definition) is 5. The van der Waals surface area contributed by atoms with Crippen LogP contribution in [0.5, 0.6) is 0 Å². The Hall–Kier alpha value is -2.77. The van der Waals surface area contributed by atoms with Crippen LogP contribution in [-0.2, 0) is 9.53 Å². The van der Waals surface area contributed by atoms with Crippen LogP contribution in [0.4, 0.5) is 4.79 Å². The lowest BCUT2D eigenvalue weighted by atomic mass is 9.97. The molecule has 0 N–H and O–H groups in total. The first-order valence-corrected chi connectivity index (χ1v) is 10.4. The largest absolute Gasteiger partial charge is 0.444 e. The van der Waals surface area contributed by atoms with E-state index < -0.39 is 17.4 Å². The molecule has 2 heterocycles. The number of rotatable bonds is 4. The Morgan fingerprint density at radius 3 is 2.70 bits per heavy atom. The molecule has 1 aliphatic heterocycles. The minimum Gasteiger partial charge on any atom is -0.444 e. The van der Waals surface area contributed by atoms with Gasteiger partial charge in [-0.05, 0) is 58.6 Å². The van der Waals surface area contributed by atoms with Crippen LogP contribution >= 0.6 is 0 Å². The maximum Gasteiger partial charge on any atom is 0.420 e. The molecule has 1 fully saturated rings. The summed E-state index contributed by atoms with van der Waals surface area (Å²) in [6.07, 6.45) is 1.42. The van der Waals surface area contributed by atoms with Crippen molar-refractivity contribution in [1.29, 1.82) is 0 Å². The molecule has 8 nitrogen and oxygen atoms in total. The van der Waals surface area contributed by atoms with Crippen molar-refractivity contribution in [2.75, 3.05) is 26.7 Å². The van der Waals surface area contributed by atoms with E-state index in [9.17, 15) is 14.4 Å². The summed E-state index contributed by atoms with van der Waals surface area (Å²) >= 11 is 0. The van der Waals surface area contributed by atoms with Gasteiger partial charge in [0.2, 0.25) is 5.91 Å². The highest BCUT2D eigenvalue weighted by atomic mass is 16.6. The third-order valence-electron chi connectivity index (χ3n) is 5.33. The number of carbonyl (C=O) groups is 2. The standard InChI is InChI=1S/C22H31N3O5/c1-15(25-17-10-6-7-11-18(17)29-21(25)28)19(26)24-12-8-9-16(14-24)13-23(5)20(27)30-22(2,3)4/h6-7,10-11,15-16H,8-9,12-14H2,1-5H3. The first-order chi connectivity index (χ1) is 14.1. The fourth-order valence-electron chi connectivity index (χ4n) is 3.94. The maximum atomic E-state index is 13.2. The van der Waals surface area contributed by atoms with Gasteiger partial charge >= 0.3 is 11.8 Å². The number of carbonyl (C=O) groups excluding carboxylic acids is 2. The lowest BCUT2D eigenvalue weighted by Crippen LogP contribution is -2.47. The Kier molecular flexibility index (Phi) is 6.24. The Morgan fingerprint density at radius 2 is 2.00 bits per heavy atom. The zero-order chi connectivity index (χ0) is 22.1. The summed E-state index contributed by atoms with van der Waals surface area (Å²) in [6, 6.07) is 6.43. The van der Waals surface area contributed by atoms with E-state index in [-0.39, 0.29) is 17.9 Å². The normalized spacial score (nSPS) is 18.3. The molecule has 1 aromatic heterocycles. The molecule has 0 spiro atoms. The molecule has 0 saturated carbocycles. The second kappa shape index (κ2) is 8.53. The maximum absolute atomic E-state index is 13.2. The van der Waals surface area contributed by atoms with Crippen LogP contribution in [-0.4, -0.2) is 58.7 Å². The van der Waals surface area contributed by atoms with Gasteiger partial charge in [-0.15, -0.1) is 0 Å². The first kappa shape index (κ1) is 21.9. The van der Waals surface area contributed by atoms with Gasteiger partial charge in [-0.25, -0.2) is 9.59 Å². The monoisotopic (exact) mass is 417 g/mol. The van der Waals surface area contributed by atoms with E-state index in [1.165, 1.54) is 4.57 Å². The first-order valence-electron chi connectivity index (χ1n) is 10.4. The zero-order valence-corrected chi connectivity index (χ0v) is 18.4. The van der Waals surface area contributed by atoms with Crippen molar-refractivity contribution in [3.63, 3.8) is 0 Å². The minimum atomic E-state index is -0.663. The van der Waals surface area contributed by atoms with Crippen LogP contribution < -0.4 is 5.76 Å². The number of oxazole rings is 1. The molecule has 2 amide bonds. The average Bonchev–Trinajstić information content (AvgIpc) is 3.01. The molecular weight excluding hydrogens is 386 g/mol. The fourth-order valence-corrected chi connectivity index (χ4v) is 3.94. The van der Waals surface area contributed by atoms with E-state index in [0.29, 0.717) is 30.7 Å². The smallest absolute Gasteiger partial charge is 0.420 e. The van der Waals surface area contributed by atoms with Crippen molar-refractivity contribution in [3.8, 4) is 0 Å². The zero-order valence-electron chi connectivity index (χ0n) is 18.4. The van der Waals surface area contributed by atoms with E-state index in [1.54, 1.807) is 42.0 Å². The quantitative estimate of drug-likeness (QED) is 0.762. The summed E-state index contributed by atoms with van der Waals surface area (Å²) in [5, 5.41) is 0. The molecule has 8 heteroatoms. The highest BCUT2D eigenvalue weighted by molar-refractivity contribution is 5.83. The van der Waals surface area contributed by atoms with Crippen molar-refractivity contribution < 1.29 is 18.7 Å². The van der Waals surface area contributed by atoms with Crippen LogP contribution in [0.2, 0.25) is 0 Å². The van der Waals surface area contributed by atoms with Crippen molar-refractivity contribution in [2.45, 2.75) is 52.2 Å². The van der Waals surface area contributed by atoms with E-state index in [4.69, 9.17) is 9.15 Å². The number of nitrogens with zero attached hydrogens (tertiary/aromatic N) is 3. The molecule has 1 aromatic carbocycles. The molecule has 164 valence electrons. The highest BCUT2D eigenvalue weighted by Crippen LogP contribution is 2.23. The van der Waals surface area contributed by atoms with Gasteiger partial charge in [0.25, 0.3) is 0 Å². The van der Waals surface area contributed by atoms with Gasteiger partial charge in [0.15, 0.2) is 5.58 Å². The van der Waals surface area contributed by atoms with Crippen LogP contribution in [0.1, 0.15) is 46.6 Å². The highest BCUT2D eigenvalue weighted by Gasteiger charge is 2.31. The number of fused-ring (bicyclic) bond motifs is 1. The number of piperidine rings is 1. The van der Waals surface area contributed by atoms with Gasteiger partial charge in [0, 0.05) is 26.7 Å². The van der Waals surface area contributed by atoms with Gasteiger partial charge in [-0.2, -0.15) is 0 Å². The summed E-state index contributed by atoms with van der Waals surface area (Å²) in [6.45, 7) is 8.93. The summed E-state index contributed by atoms with van der Waals surface area (Å²) in [5.41, 5.74) is 0.537. The van der Waals surface area contributed by atoms with Gasteiger partial charge in [-0.1, -0.05) is 12.1 Å². The molecule has 2 unspecified atom stereocenters. The predicted molar refractivity (Wildman–Crippen MR) is 113 cm³/mol. The lowest BCUT2D eigenvalue weighted by Gasteiger charge is -2.36. The average molecular weight is 418 g/mol. The van der Waals surface area contributed by atoms with Crippen molar-refractivity contribution in [3.05, 3.63) is 34.8 Å². The molecule has 0 radical (unpaired) electrons.